The molecule has 4 aliphatic rings. The molecule has 0 spiro atoms. The first-order valence-corrected chi connectivity index (χ1v) is 25.0. The zero-order valence-corrected chi connectivity index (χ0v) is 38.4. The van der Waals surface area contributed by atoms with Crippen molar-refractivity contribution >= 4 is 46.0 Å². The van der Waals surface area contributed by atoms with Crippen molar-refractivity contribution in [3.63, 3.8) is 0 Å². The lowest BCUT2D eigenvalue weighted by Crippen LogP contribution is -2.37. The molecule has 0 saturated heterocycles. The van der Waals surface area contributed by atoms with E-state index in [2.05, 4.69) is 133 Å². The van der Waals surface area contributed by atoms with Crippen molar-refractivity contribution in [2.75, 3.05) is 11.9 Å². The Morgan fingerprint density at radius 2 is 1.19 bits per heavy atom. The van der Waals surface area contributed by atoms with Crippen molar-refractivity contribution in [1.29, 1.82) is 0 Å². The van der Waals surface area contributed by atoms with Crippen LogP contribution in [0, 0.1) is 34.5 Å². The fraction of sp³-hybridized carbons (Fsp3) is 0.977. The average Bonchev–Trinajstić information content (AvgIpc) is 3.94. The van der Waals surface area contributed by atoms with E-state index in [9.17, 15) is 4.79 Å². The van der Waals surface area contributed by atoms with E-state index in [-0.39, 0.29) is 52.3 Å². The monoisotopic (exact) mass is 893 g/mol. The molecule has 0 radical (unpaired) electrons. The molecule has 4 aliphatic carbocycles. The Balaban J connectivity index is -0.000000128. The Bertz CT molecular complexity index is 845. The van der Waals surface area contributed by atoms with Crippen molar-refractivity contribution < 1.29 is 19.7 Å². The second-order valence-corrected chi connectivity index (χ2v) is 25.0. The maximum Gasteiger partial charge on any atom is 0.407 e. The third-order valence-corrected chi connectivity index (χ3v) is 15.0. The summed E-state index contributed by atoms with van der Waals surface area (Å²) in [6, 6.07) is 1.04. The highest BCUT2D eigenvalue weighted by atomic mass is 79.9. The van der Waals surface area contributed by atoms with Gasteiger partial charge in [-0.1, -0.05) is 183 Å². The summed E-state index contributed by atoms with van der Waals surface area (Å²) >= 11 is 6.76. The number of aliphatic hydroxyl groups is 2. The summed E-state index contributed by atoms with van der Waals surface area (Å²) in [7, 11) is -1.09. The van der Waals surface area contributed by atoms with Gasteiger partial charge in [0.1, 0.15) is 0 Å². The van der Waals surface area contributed by atoms with Gasteiger partial charge in [-0.25, -0.2) is 4.79 Å². The van der Waals surface area contributed by atoms with Gasteiger partial charge in [0, 0.05) is 34.7 Å². The number of ether oxygens (including phenoxy) is 1. The van der Waals surface area contributed by atoms with Crippen LogP contribution < -0.4 is 11.1 Å². The molecule has 4 fully saturated rings. The van der Waals surface area contributed by atoms with Crippen molar-refractivity contribution in [2.24, 2.45) is 40.2 Å². The lowest BCUT2D eigenvalue weighted by Gasteiger charge is -2.17. The van der Waals surface area contributed by atoms with E-state index < -0.39 is 14.4 Å². The molecule has 0 bridgehead atoms. The van der Waals surface area contributed by atoms with E-state index in [1.807, 2.05) is 6.92 Å². The highest BCUT2D eigenvalue weighted by molar-refractivity contribution is 9.12. The van der Waals surface area contributed by atoms with Crippen LogP contribution in [0.2, 0.25) is 25.7 Å². The first-order valence-electron chi connectivity index (χ1n) is 19.2. The molecule has 4 rings (SSSR count). The van der Waals surface area contributed by atoms with Gasteiger partial charge in [-0.3, -0.25) is 0 Å². The van der Waals surface area contributed by atoms with Crippen LogP contribution in [0.25, 0.3) is 0 Å². The third-order valence-electron chi connectivity index (χ3n) is 10.7. The van der Waals surface area contributed by atoms with Gasteiger partial charge in [-0.05, 0) is 81.1 Å². The number of alkyl carbamates (subject to hydrolysis) is 1. The zero-order valence-electron chi connectivity index (χ0n) is 34.2. The average molecular weight is 895 g/mol. The van der Waals surface area contributed by atoms with Gasteiger partial charge in [0.2, 0.25) is 0 Å². The standard InChI is InChI=1S/C12H25NO2Si.C7H14O2.C7H14.C6H13N.C4H8Br2.C3H8.4CH4/c1-6-10-9-12(10,2)13-11(14)15-7-8-16(3,4)5;1-3-5-4-7(5,2)6(8)9;1-4-6-5-7(6,2)3;1-3-5-4-6(5,2)7;1-2-4(6)3-5;1-3-2;;;;/h10H,6-9H2,1-5H3,(H,13,14);5-6,8-9H,3-4H2,1-2H3;6H,4-5H2,1-3H3;5H,3-4,7H2,1-2H3;4H,2-3H2,1H3;3H2,1-2H3;4*1H4. The fourth-order valence-corrected chi connectivity index (χ4v) is 6.96. The molecule has 8 atom stereocenters. The Labute approximate surface area is 346 Å². The molecule has 6 nitrogen and oxygen atoms in total. The van der Waals surface area contributed by atoms with Crippen molar-refractivity contribution in [1.82, 2.24) is 5.32 Å². The highest BCUT2D eigenvalue weighted by Crippen LogP contribution is 2.56. The SMILES string of the molecule is C.C.C.C.CCC.CCC(Br)CBr.CCC1CC1(C)C.CCC1CC1(C)C(O)O.CCC1CC1(C)N.CCC1CC1(C)NC(=O)OCC[Si](C)(C)C. The number of halogens is 2. The highest BCUT2D eigenvalue weighted by Gasteiger charge is 2.53. The molecule has 1 amide bonds. The van der Waals surface area contributed by atoms with Crippen LogP contribution in [0.4, 0.5) is 4.79 Å². The van der Waals surface area contributed by atoms with Crippen LogP contribution in [0.3, 0.4) is 0 Å². The second-order valence-electron chi connectivity index (χ2n) is 17.5. The number of carbonyl (C=O) groups excluding carboxylic acids is 1. The number of nitrogens with two attached hydrogens (primary N) is 1. The number of rotatable bonds is 11. The topological polar surface area (TPSA) is 105 Å². The van der Waals surface area contributed by atoms with Crippen LogP contribution in [-0.2, 0) is 4.74 Å². The lowest BCUT2D eigenvalue weighted by atomic mass is 10.1. The number of hydrogen-bond acceptors (Lipinski definition) is 5. The van der Waals surface area contributed by atoms with E-state index >= 15 is 0 Å². The molecule has 8 unspecified atom stereocenters. The first-order chi connectivity index (χ1) is 21.9. The molecule has 9 heteroatoms. The predicted molar refractivity (Wildman–Crippen MR) is 247 cm³/mol. The molecule has 0 aromatic carbocycles. The zero-order chi connectivity index (χ0) is 38.1. The number of aliphatic hydroxyl groups excluding tert-OH is 1. The van der Waals surface area contributed by atoms with Gasteiger partial charge in [-0.15, -0.1) is 0 Å². The van der Waals surface area contributed by atoms with E-state index in [0.717, 1.165) is 54.3 Å². The van der Waals surface area contributed by atoms with Gasteiger partial charge in [0.25, 0.3) is 0 Å². The van der Waals surface area contributed by atoms with Crippen LogP contribution in [0.5, 0.6) is 0 Å². The molecule has 0 aromatic heterocycles. The fourth-order valence-electron chi connectivity index (χ4n) is 5.78. The summed E-state index contributed by atoms with van der Waals surface area (Å²) in [6.07, 6.45) is 10.7. The molecule has 0 aliphatic heterocycles. The Kier molecular flexibility index (Phi) is 36.5. The minimum absolute atomic E-state index is 0. The van der Waals surface area contributed by atoms with Gasteiger partial charge >= 0.3 is 6.09 Å². The van der Waals surface area contributed by atoms with Crippen LogP contribution >= 0.6 is 31.9 Å². The Morgan fingerprint density at radius 3 is 1.35 bits per heavy atom. The third kappa shape index (κ3) is 27.8. The molecule has 5 N–H and O–H groups in total. The summed E-state index contributed by atoms with van der Waals surface area (Å²) < 4.78 is 5.21. The molecule has 52 heavy (non-hydrogen) atoms. The quantitative estimate of drug-likeness (QED) is 0.0939. The smallest absolute Gasteiger partial charge is 0.407 e. The summed E-state index contributed by atoms with van der Waals surface area (Å²) in [4.78, 5) is 12.2. The molecule has 0 aromatic rings. The summed E-state index contributed by atoms with van der Waals surface area (Å²) in [5.41, 5.74) is 6.49. The van der Waals surface area contributed by atoms with Gasteiger partial charge in [-0.2, -0.15) is 0 Å². The van der Waals surface area contributed by atoms with Gasteiger partial charge in [0.05, 0.1) is 6.61 Å². The minimum atomic E-state index is -1.11. The van der Waals surface area contributed by atoms with E-state index in [0.29, 0.717) is 23.3 Å². The number of amides is 1. The summed E-state index contributed by atoms with van der Waals surface area (Å²) in [5.74, 6) is 3.05. The van der Waals surface area contributed by atoms with Gasteiger partial charge in [0.15, 0.2) is 6.29 Å². The largest absolute Gasteiger partial charge is 0.450 e. The number of nitrogens with one attached hydrogen (secondary N) is 1. The van der Waals surface area contributed by atoms with Crippen LogP contribution in [0.15, 0.2) is 0 Å². The molecular weight excluding hydrogens is 796 g/mol. The van der Waals surface area contributed by atoms with Crippen LogP contribution in [-0.4, -0.2) is 58.5 Å². The minimum Gasteiger partial charge on any atom is -0.450 e. The van der Waals surface area contributed by atoms with Crippen molar-refractivity contribution in [3.8, 4) is 0 Å². The molecule has 0 heterocycles. The second kappa shape index (κ2) is 29.6. The van der Waals surface area contributed by atoms with Crippen LogP contribution in [0.1, 0.15) is 177 Å². The van der Waals surface area contributed by atoms with E-state index in [1.54, 1.807) is 0 Å². The van der Waals surface area contributed by atoms with Crippen molar-refractivity contribution in [2.45, 2.75) is 225 Å². The molecule has 322 valence electrons. The molecular formula is C43H98Br2N2O4Si. The number of alkyl halides is 2. The lowest BCUT2D eigenvalue weighted by molar-refractivity contribution is -0.0946. The number of carbonyl (C=O) groups is 1. The Hall–Kier alpha value is 0.327. The van der Waals surface area contributed by atoms with E-state index in [4.69, 9.17) is 20.7 Å². The maximum absolute atomic E-state index is 11.5. The van der Waals surface area contributed by atoms with E-state index in [1.165, 1.54) is 38.5 Å². The Morgan fingerprint density at radius 1 is 0.788 bits per heavy atom. The summed E-state index contributed by atoms with van der Waals surface area (Å²) in [5, 5.41) is 21.6. The molecule has 4 saturated carbocycles. The van der Waals surface area contributed by atoms with Crippen molar-refractivity contribution in [3.05, 3.63) is 0 Å². The number of hydrogen-bond donors (Lipinski definition) is 4. The summed E-state index contributed by atoms with van der Waals surface area (Å²) in [6.45, 7) is 33.4. The predicted octanol–water partition coefficient (Wildman–Crippen LogP) is 14.1. The maximum atomic E-state index is 11.5. The first kappa shape index (κ1) is 64.2. The van der Waals surface area contributed by atoms with Gasteiger partial charge < -0.3 is 26.0 Å². The normalized spacial score (nSPS) is 29.5.